The van der Waals surface area contributed by atoms with E-state index >= 15 is 0 Å². The predicted octanol–water partition coefficient (Wildman–Crippen LogP) is 2.65. The van der Waals surface area contributed by atoms with Crippen molar-refractivity contribution in [1.82, 2.24) is 10.2 Å². The molecule has 0 saturated carbocycles. The fraction of sp³-hybridized carbons (Fsp3) is 0.533. The van der Waals surface area contributed by atoms with E-state index in [1.54, 1.807) is 17.0 Å². The van der Waals surface area contributed by atoms with Crippen LogP contribution in [0.15, 0.2) is 30.3 Å². The first kappa shape index (κ1) is 13.9. The zero-order valence-corrected chi connectivity index (χ0v) is 11.5. The van der Waals surface area contributed by atoms with Gasteiger partial charge in [0, 0.05) is 19.1 Å². The Morgan fingerprint density at radius 3 is 2.63 bits per heavy atom. The molecular formula is C15H22N2O2. The first-order valence-electron chi connectivity index (χ1n) is 7.04. The van der Waals surface area contributed by atoms with E-state index in [2.05, 4.69) is 12.2 Å². The number of benzene rings is 1. The van der Waals surface area contributed by atoms with Crippen LogP contribution in [0.5, 0.6) is 5.75 Å². The Hall–Kier alpha value is -1.55. The van der Waals surface area contributed by atoms with Gasteiger partial charge in [0.25, 0.3) is 0 Å². The summed E-state index contributed by atoms with van der Waals surface area (Å²) >= 11 is 0. The van der Waals surface area contributed by atoms with Crippen LogP contribution in [0.3, 0.4) is 0 Å². The SMILES string of the molecule is CCCNC1CCN(C(=O)Oc2ccccc2)CC1. The summed E-state index contributed by atoms with van der Waals surface area (Å²) in [5.41, 5.74) is 0. The molecule has 1 aliphatic heterocycles. The maximum Gasteiger partial charge on any atom is 0.415 e. The Kier molecular flexibility index (Phi) is 5.21. The second-order valence-electron chi connectivity index (χ2n) is 4.90. The molecule has 4 nitrogen and oxygen atoms in total. The van der Waals surface area contributed by atoms with Gasteiger partial charge in [-0.2, -0.15) is 0 Å². The third-order valence-electron chi connectivity index (χ3n) is 3.38. The van der Waals surface area contributed by atoms with E-state index in [0.29, 0.717) is 11.8 Å². The largest absolute Gasteiger partial charge is 0.415 e. The smallest absolute Gasteiger partial charge is 0.410 e. The molecule has 1 aromatic carbocycles. The summed E-state index contributed by atoms with van der Waals surface area (Å²) in [6.07, 6.45) is 2.92. The van der Waals surface area contributed by atoms with Crippen molar-refractivity contribution in [2.75, 3.05) is 19.6 Å². The molecule has 0 bridgehead atoms. The first-order valence-corrected chi connectivity index (χ1v) is 7.04. The molecule has 1 heterocycles. The van der Waals surface area contributed by atoms with Gasteiger partial charge >= 0.3 is 6.09 Å². The quantitative estimate of drug-likeness (QED) is 0.907. The number of amides is 1. The average Bonchev–Trinajstić information content (AvgIpc) is 2.46. The number of carbonyl (C=O) groups is 1. The molecule has 1 aromatic rings. The van der Waals surface area contributed by atoms with Gasteiger partial charge in [-0.25, -0.2) is 4.79 Å². The lowest BCUT2D eigenvalue weighted by atomic mass is 10.1. The highest BCUT2D eigenvalue weighted by molar-refractivity contribution is 5.70. The van der Waals surface area contributed by atoms with Gasteiger partial charge in [-0.1, -0.05) is 25.1 Å². The lowest BCUT2D eigenvalue weighted by molar-refractivity contribution is 0.135. The monoisotopic (exact) mass is 262 g/mol. The topological polar surface area (TPSA) is 41.6 Å². The van der Waals surface area contributed by atoms with Gasteiger partial charge in [-0.05, 0) is 37.9 Å². The Morgan fingerprint density at radius 2 is 2.00 bits per heavy atom. The minimum atomic E-state index is -0.236. The molecule has 1 amide bonds. The Balaban J connectivity index is 1.76. The predicted molar refractivity (Wildman–Crippen MR) is 75.4 cm³/mol. The average molecular weight is 262 g/mol. The van der Waals surface area contributed by atoms with Crippen LogP contribution in [0.25, 0.3) is 0 Å². The highest BCUT2D eigenvalue weighted by Gasteiger charge is 2.23. The summed E-state index contributed by atoms with van der Waals surface area (Å²) in [5, 5.41) is 3.50. The number of ether oxygens (including phenoxy) is 1. The number of hydrogen-bond acceptors (Lipinski definition) is 3. The van der Waals surface area contributed by atoms with Crippen LogP contribution in [0.4, 0.5) is 4.79 Å². The van der Waals surface area contributed by atoms with E-state index in [-0.39, 0.29) is 6.09 Å². The maximum atomic E-state index is 12.0. The molecule has 19 heavy (non-hydrogen) atoms. The molecule has 0 atom stereocenters. The zero-order chi connectivity index (χ0) is 13.5. The standard InChI is InChI=1S/C15H22N2O2/c1-2-10-16-13-8-11-17(12-9-13)15(18)19-14-6-4-3-5-7-14/h3-7,13,16H,2,8-12H2,1H3. The summed E-state index contributed by atoms with van der Waals surface area (Å²) < 4.78 is 5.34. The number of nitrogens with one attached hydrogen (secondary N) is 1. The van der Waals surface area contributed by atoms with Crippen molar-refractivity contribution in [2.24, 2.45) is 0 Å². The molecule has 1 aliphatic rings. The molecule has 0 spiro atoms. The summed E-state index contributed by atoms with van der Waals surface area (Å²) in [4.78, 5) is 13.8. The number of hydrogen-bond donors (Lipinski definition) is 1. The van der Waals surface area contributed by atoms with Gasteiger partial charge in [-0.3, -0.25) is 0 Å². The van der Waals surface area contributed by atoms with E-state index < -0.39 is 0 Å². The molecule has 0 aliphatic carbocycles. The molecule has 104 valence electrons. The molecule has 1 saturated heterocycles. The number of carbonyl (C=O) groups excluding carboxylic acids is 1. The van der Waals surface area contributed by atoms with Crippen LogP contribution in [0.2, 0.25) is 0 Å². The highest BCUT2D eigenvalue weighted by atomic mass is 16.6. The van der Waals surface area contributed by atoms with Crippen molar-refractivity contribution in [2.45, 2.75) is 32.2 Å². The first-order chi connectivity index (χ1) is 9.29. The van der Waals surface area contributed by atoms with Crippen LogP contribution in [-0.4, -0.2) is 36.7 Å². The third kappa shape index (κ3) is 4.24. The molecule has 0 radical (unpaired) electrons. The van der Waals surface area contributed by atoms with Crippen molar-refractivity contribution >= 4 is 6.09 Å². The maximum absolute atomic E-state index is 12.0. The van der Waals surface area contributed by atoms with Crippen molar-refractivity contribution in [3.63, 3.8) is 0 Å². The second-order valence-corrected chi connectivity index (χ2v) is 4.90. The van der Waals surface area contributed by atoms with E-state index in [1.807, 2.05) is 18.2 Å². The van der Waals surface area contributed by atoms with Crippen LogP contribution in [0, 0.1) is 0 Å². The van der Waals surface area contributed by atoms with Gasteiger partial charge in [0.05, 0.1) is 0 Å². The minimum absolute atomic E-state index is 0.236. The molecule has 0 aromatic heterocycles. The van der Waals surface area contributed by atoms with E-state index in [9.17, 15) is 4.79 Å². The summed E-state index contributed by atoms with van der Waals surface area (Å²) in [6, 6.07) is 9.77. The summed E-state index contributed by atoms with van der Waals surface area (Å²) in [5.74, 6) is 0.610. The van der Waals surface area contributed by atoms with Gasteiger partial charge in [0.1, 0.15) is 5.75 Å². The molecule has 1 fully saturated rings. The highest BCUT2D eigenvalue weighted by Crippen LogP contribution is 2.14. The normalized spacial score (nSPS) is 16.4. The van der Waals surface area contributed by atoms with E-state index in [0.717, 1.165) is 38.9 Å². The number of rotatable bonds is 4. The zero-order valence-electron chi connectivity index (χ0n) is 11.5. The Labute approximate surface area is 114 Å². The van der Waals surface area contributed by atoms with Gasteiger partial charge in [0.2, 0.25) is 0 Å². The Bertz CT molecular complexity index is 386. The van der Waals surface area contributed by atoms with Crippen LogP contribution >= 0.6 is 0 Å². The molecule has 0 unspecified atom stereocenters. The molecule has 2 rings (SSSR count). The number of likely N-dealkylation sites (tertiary alicyclic amines) is 1. The molecule has 1 N–H and O–H groups in total. The van der Waals surface area contributed by atoms with E-state index in [1.165, 1.54) is 0 Å². The Morgan fingerprint density at radius 1 is 1.32 bits per heavy atom. The van der Waals surface area contributed by atoms with Crippen molar-refractivity contribution < 1.29 is 9.53 Å². The fourth-order valence-electron chi connectivity index (χ4n) is 2.27. The van der Waals surface area contributed by atoms with Crippen LogP contribution in [0.1, 0.15) is 26.2 Å². The number of nitrogens with zero attached hydrogens (tertiary/aromatic N) is 1. The molecule has 4 heteroatoms. The minimum Gasteiger partial charge on any atom is -0.410 e. The number of piperidine rings is 1. The lowest BCUT2D eigenvalue weighted by Gasteiger charge is -2.31. The van der Waals surface area contributed by atoms with Gasteiger partial charge in [0.15, 0.2) is 0 Å². The van der Waals surface area contributed by atoms with Gasteiger partial charge < -0.3 is 15.0 Å². The van der Waals surface area contributed by atoms with Crippen molar-refractivity contribution in [3.05, 3.63) is 30.3 Å². The fourth-order valence-corrected chi connectivity index (χ4v) is 2.27. The second kappa shape index (κ2) is 7.14. The van der Waals surface area contributed by atoms with Crippen LogP contribution in [-0.2, 0) is 0 Å². The van der Waals surface area contributed by atoms with Crippen LogP contribution < -0.4 is 10.1 Å². The summed E-state index contributed by atoms with van der Waals surface area (Å²) in [7, 11) is 0. The van der Waals surface area contributed by atoms with Gasteiger partial charge in [-0.15, -0.1) is 0 Å². The molecular weight excluding hydrogens is 240 g/mol. The van der Waals surface area contributed by atoms with Crippen molar-refractivity contribution in [1.29, 1.82) is 0 Å². The third-order valence-corrected chi connectivity index (χ3v) is 3.38. The van der Waals surface area contributed by atoms with Crippen molar-refractivity contribution in [3.8, 4) is 5.75 Å². The lowest BCUT2D eigenvalue weighted by Crippen LogP contribution is -2.46. The summed E-state index contributed by atoms with van der Waals surface area (Å²) in [6.45, 7) is 4.76. The van der Waals surface area contributed by atoms with E-state index in [4.69, 9.17) is 4.74 Å². The number of para-hydroxylation sites is 1.